The van der Waals surface area contributed by atoms with Crippen molar-refractivity contribution < 1.29 is 22.7 Å². The van der Waals surface area contributed by atoms with E-state index in [2.05, 4.69) is 4.98 Å². The molecule has 1 N–H and O–H groups in total. The molecule has 0 aromatic carbocycles. The quantitative estimate of drug-likeness (QED) is 0.701. The van der Waals surface area contributed by atoms with Crippen LogP contribution in [0.5, 0.6) is 0 Å². The Balaban J connectivity index is 1.77. The van der Waals surface area contributed by atoms with Crippen molar-refractivity contribution in [2.75, 3.05) is 33.3 Å². The normalized spacial score (nSPS) is 15.4. The summed E-state index contributed by atoms with van der Waals surface area (Å²) in [6.45, 7) is 8.34. The van der Waals surface area contributed by atoms with Gasteiger partial charge in [-0.1, -0.05) is 6.92 Å². The second-order valence-corrected chi connectivity index (χ2v) is 10.7. The Hall–Kier alpha value is -2.17. The molecule has 0 spiro atoms. The molecule has 1 amide bonds. The summed E-state index contributed by atoms with van der Waals surface area (Å²) in [5, 5.41) is 0. The molecule has 1 fully saturated rings. The maximum absolute atomic E-state index is 13.1. The molecule has 0 radical (unpaired) electrons. The summed E-state index contributed by atoms with van der Waals surface area (Å²) in [6, 6.07) is 1.70. The third kappa shape index (κ3) is 3.91. The number of esters is 1. The van der Waals surface area contributed by atoms with E-state index in [0.717, 1.165) is 9.75 Å². The maximum atomic E-state index is 13.1. The van der Waals surface area contributed by atoms with E-state index in [9.17, 15) is 18.0 Å². The lowest BCUT2D eigenvalue weighted by atomic mass is 10.1. The molecule has 10 heteroatoms. The summed E-state index contributed by atoms with van der Waals surface area (Å²) in [5.74, 6) is -0.714. The molecule has 0 saturated carbocycles. The number of H-pyrrole nitrogens is 1. The smallest absolute Gasteiger partial charge is 0.339 e. The highest BCUT2D eigenvalue weighted by atomic mass is 32.2. The summed E-state index contributed by atoms with van der Waals surface area (Å²) in [4.78, 5) is 31.9. The van der Waals surface area contributed by atoms with E-state index in [1.54, 1.807) is 17.9 Å². The molecule has 164 valence electrons. The molecule has 1 aliphatic rings. The molecule has 2 aromatic heterocycles. The Morgan fingerprint density at radius 3 is 2.30 bits per heavy atom. The van der Waals surface area contributed by atoms with Gasteiger partial charge in [0.05, 0.1) is 17.6 Å². The number of aryl methyl sites for hydroxylation is 3. The van der Waals surface area contributed by atoms with Crippen LogP contribution in [-0.4, -0.2) is 67.8 Å². The number of thiophene rings is 1. The number of amides is 1. The lowest BCUT2D eigenvalue weighted by Crippen LogP contribution is -2.50. The van der Waals surface area contributed by atoms with Gasteiger partial charge in [0, 0.05) is 41.6 Å². The molecule has 2 aromatic rings. The van der Waals surface area contributed by atoms with Crippen LogP contribution in [-0.2, 0) is 21.2 Å². The van der Waals surface area contributed by atoms with Crippen LogP contribution in [0.2, 0.25) is 0 Å². The van der Waals surface area contributed by atoms with Gasteiger partial charge in [0.1, 0.15) is 5.69 Å². The number of rotatable bonds is 5. The first-order valence-corrected chi connectivity index (χ1v) is 12.0. The Labute approximate surface area is 180 Å². The van der Waals surface area contributed by atoms with Gasteiger partial charge in [-0.2, -0.15) is 4.31 Å². The molecule has 0 aliphatic carbocycles. The minimum atomic E-state index is -3.58. The molecule has 0 unspecified atom stereocenters. The number of sulfonamides is 1. The molecule has 3 rings (SSSR count). The van der Waals surface area contributed by atoms with Crippen LogP contribution in [0, 0.1) is 20.8 Å². The van der Waals surface area contributed by atoms with E-state index >= 15 is 0 Å². The van der Waals surface area contributed by atoms with Crippen molar-refractivity contribution in [3.05, 3.63) is 38.3 Å². The molecule has 1 aliphatic heterocycles. The third-order valence-electron chi connectivity index (χ3n) is 5.42. The fraction of sp³-hybridized carbons (Fsp3) is 0.500. The van der Waals surface area contributed by atoms with Gasteiger partial charge in [-0.3, -0.25) is 4.79 Å². The summed E-state index contributed by atoms with van der Waals surface area (Å²) in [6.07, 6.45) is 0.560. The summed E-state index contributed by atoms with van der Waals surface area (Å²) in [7, 11) is -2.27. The molecule has 1 saturated heterocycles. The van der Waals surface area contributed by atoms with Crippen LogP contribution in [0.3, 0.4) is 0 Å². The third-order valence-corrected chi connectivity index (χ3v) is 8.54. The van der Waals surface area contributed by atoms with Gasteiger partial charge in [-0.15, -0.1) is 11.3 Å². The van der Waals surface area contributed by atoms with Crippen molar-refractivity contribution in [1.29, 1.82) is 0 Å². The predicted molar refractivity (Wildman–Crippen MR) is 115 cm³/mol. The second-order valence-electron chi connectivity index (χ2n) is 7.30. The van der Waals surface area contributed by atoms with Crippen molar-refractivity contribution >= 4 is 33.2 Å². The number of carbonyl (C=O) groups is 2. The Morgan fingerprint density at radius 1 is 1.17 bits per heavy atom. The second kappa shape index (κ2) is 8.52. The summed E-state index contributed by atoms with van der Waals surface area (Å²) in [5.41, 5.74) is 1.97. The number of hydrogen-bond acceptors (Lipinski definition) is 6. The van der Waals surface area contributed by atoms with Gasteiger partial charge in [0.15, 0.2) is 0 Å². The average molecular weight is 454 g/mol. The van der Waals surface area contributed by atoms with Gasteiger partial charge in [0.25, 0.3) is 5.91 Å². The van der Waals surface area contributed by atoms with Crippen molar-refractivity contribution in [3.63, 3.8) is 0 Å². The van der Waals surface area contributed by atoms with Gasteiger partial charge < -0.3 is 14.6 Å². The molecule has 8 nitrogen and oxygen atoms in total. The number of nitrogens with one attached hydrogen (secondary N) is 1. The first kappa shape index (κ1) is 22.5. The summed E-state index contributed by atoms with van der Waals surface area (Å²) < 4.78 is 32.3. The number of nitrogens with zero attached hydrogens (tertiary/aromatic N) is 2. The van der Waals surface area contributed by atoms with Crippen molar-refractivity contribution in [2.45, 2.75) is 39.0 Å². The number of aromatic amines is 1. The number of methoxy groups -OCH3 is 1. The van der Waals surface area contributed by atoms with E-state index in [1.807, 2.05) is 20.8 Å². The molecular weight excluding hydrogens is 426 g/mol. The average Bonchev–Trinajstić information content (AvgIpc) is 3.25. The van der Waals surface area contributed by atoms with Crippen LogP contribution >= 0.6 is 11.3 Å². The standard InChI is InChI=1S/C20H27N3O5S2/c1-6-15-17(20(25)28-5)13(3)18(21-15)19(24)22-7-9-23(10-8-22)30(26,27)16-11-12(2)29-14(16)4/h11,21H,6-10H2,1-5H3. The van der Waals surface area contributed by atoms with Crippen molar-refractivity contribution in [3.8, 4) is 0 Å². The minimum absolute atomic E-state index is 0.229. The molecule has 0 atom stereocenters. The van der Waals surface area contributed by atoms with Gasteiger partial charge >= 0.3 is 5.97 Å². The Morgan fingerprint density at radius 2 is 1.80 bits per heavy atom. The van der Waals surface area contributed by atoms with E-state index < -0.39 is 16.0 Å². The van der Waals surface area contributed by atoms with Crippen molar-refractivity contribution in [1.82, 2.24) is 14.2 Å². The van der Waals surface area contributed by atoms with Crippen LogP contribution in [0.15, 0.2) is 11.0 Å². The number of ether oxygens (including phenoxy) is 1. The minimum Gasteiger partial charge on any atom is -0.465 e. The van der Waals surface area contributed by atoms with Crippen molar-refractivity contribution in [2.24, 2.45) is 0 Å². The van der Waals surface area contributed by atoms with Gasteiger partial charge in [-0.05, 0) is 38.8 Å². The highest BCUT2D eigenvalue weighted by Crippen LogP contribution is 2.28. The fourth-order valence-electron chi connectivity index (χ4n) is 3.81. The van der Waals surface area contributed by atoms with Gasteiger partial charge in [0.2, 0.25) is 10.0 Å². The molecule has 3 heterocycles. The monoisotopic (exact) mass is 453 g/mol. The topological polar surface area (TPSA) is 99.8 Å². The lowest BCUT2D eigenvalue weighted by molar-refractivity contribution is 0.0599. The first-order valence-electron chi connectivity index (χ1n) is 9.78. The zero-order valence-electron chi connectivity index (χ0n) is 17.9. The number of hydrogen-bond donors (Lipinski definition) is 1. The highest BCUT2D eigenvalue weighted by Gasteiger charge is 2.33. The zero-order chi connectivity index (χ0) is 22.2. The molecule has 0 bridgehead atoms. The van der Waals surface area contributed by atoms with Crippen LogP contribution in [0.1, 0.15) is 48.8 Å². The lowest BCUT2D eigenvalue weighted by Gasteiger charge is -2.34. The number of carbonyl (C=O) groups excluding carboxylic acids is 2. The highest BCUT2D eigenvalue weighted by molar-refractivity contribution is 7.89. The van der Waals surface area contributed by atoms with Gasteiger partial charge in [-0.25, -0.2) is 13.2 Å². The largest absolute Gasteiger partial charge is 0.465 e. The molecule has 30 heavy (non-hydrogen) atoms. The predicted octanol–water partition coefficient (Wildman–Crippen LogP) is 2.50. The molecular formula is C20H27N3O5S2. The SMILES string of the molecule is CCc1[nH]c(C(=O)N2CCN(S(=O)(=O)c3cc(C)sc3C)CC2)c(C)c1C(=O)OC. The van der Waals surface area contributed by atoms with E-state index in [1.165, 1.54) is 22.8 Å². The van der Waals surface area contributed by atoms with E-state index in [-0.39, 0.29) is 32.1 Å². The fourth-order valence-corrected chi connectivity index (χ4v) is 6.75. The Bertz CT molecular complexity index is 1080. The summed E-state index contributed by atoms with van der Waals surface area (Å²) >= 11 is 1.46. The Kier molecular flexibility index (Phi) is 6.40. The first-order chi connectivity index (χ1) is 14.1. The number of aromatic nitrogens is 1. The van der Waals surface area contributed by atoms with Crippen LogP contribution in [0.4, 0.5) is 0 Å². The zero-order valence-corrected chi connectivity index (χ0v) is 19.5. The van der Waals surface area contributed by atoms with E-state index in [0.29, 0.717) is 33.8 Å². The van der Waals surface area contributed by atoms with Crippen LogP contribution < -0.4 is 0 Å². The van der Waals surface area contributed by atoms with E-state index in [4.69, 9.17) is 4.74 Å². The number of piperazine rings is 1. The maximum Gasteiger partial charge on any atom is 0.339 e. The van der Waals surface area contributed by atoms with Crippen LogP contribution in [0.25, 0.3) is 0 Å².